The third kappa shape index (κ3) is 2.26. The van der Waals surface area contributed by atoms with Crippen molar-refractivity contribution in [1.29, 1.82) is 0 Å². The third-order valence-electron chi connectivity index (χ3n) is 2.78. The second-order valence-electron chi connectivity index (χ2n) is 4.06. The number of aryl methyl sites for hydroxylation is 1. The van der Waals surface area contributed by atoms with E-state index in [2.05, 4.69) is 43.1 Å². The van der Waals surface area contributed by atoms with E-state index < -0.39 is 0 Å². The van der Waals surface area contributed by atoms with Gasteiger partial charge in [0.05, 0.1) is 31.6 Å². The first-order chi connectivity index (χ1) is 9.69. The summed E-state index contributed by atoms with van der Waals surface area (Å²) in [6.45, 7) is 0. The lowest BCUT2D eigenvalue weighted by atomic mass is 10.3. The Morgan fingerprint density at radius 1 is 1.20 bits per heavy atom. The van der Waals surface area contributed by atoms with E-state index in [0.29, 0.717) is 5.82 Å². The van der Waals surface area contributed by atoms with E-state index in [9.17, 15) is 0 Å². The Morgan fingerprint density at radius 2 is 1.95 bits per heavy atom. The monoisotopic (exact) mass is 382 g/mol. The maximum absolute atomic E-state index is 5.15. The van der Waals surface area contributed by atoms with Crippen molar-refractivity contribution in [2.75, 3.05) is 7.11 Å². The van der Waals surface area contributed by atoms with Crippen LogP contribution in [-0.4, -0.2) is 37.1 Å². The number of benzene rings is 1. The van der Waals surface area contributed by atoms with Crippen LogP contribution in [0.25, 0.3) is 17.1 Å². The van der Waals surface area contributed by atoms with Gasteiger partial charge < -0.3 is 4.74 Å². The van der Waals surface area contributed by atoms with Crippen LogP contribution in [-0.2, 0) is 7.05 Å². The van der Waals surface area contributed by atoms with Crippen molar-refractivity contribution in [2.24, 2.45) is 7.05 Å². The fraction of sp³-hybridized carbons (Fsp3) is 0.167. The zero-order chi connectivity index (χ0) is 14.1. The Labute approximate surface area is 128 Å². The smallest absolute Gasteiger partial charge is 0.209 e. The van der Waals surface area contributed by atoms with Gasteiger partial charge in [-0.3, -0.25) is 0 Å². The van der Waals surface area contributed by atoms with Crippen LogP contribution in [0.3, 0.4) is 0 Å². The highest BCUT2D eigenvalue weighted by atomic mass is 127. The minimum absolute atomic E-state index is 0.566. The van der Waals surface area contributed by atoms with Crippen molar-refractivity contribution in [2.45, 2.75) is 0 Å². The Balaban J connectivity index is 2.01. The summed E-state index contributed by atoms with van der Waals surface area (Å²) >= 11 is 2.22. The molecule has 0 atom stereocenters. The van der Waals surface area contributed by atoms with Crippen molar-refractivity contribution in [1.82, 2.24) is 30.0 Å². The molecule has 0 aliphatic heterocycles. The predicted molar refractivity (Wildman–Crippen MR) is 80.6 cm³/mol. The molecule has 0 radical (unpaired) electrons. The molecule has 7 nitrogen and oxygen atoms in total. The summed E-state index contributed by atoms with van der Waals surface area (Å²) in [6, 6.07) is 7.68. The molecule has 0 bridgehead atoms. The molecule has 0 unspecified atom stereocenters. The summed E-state index contributed by atoms with van der Waals surface area (Å²) in [6.07, 6.45) is 1.74. The fourth-order valence-corrected chi connectivity index (χ4v) is 2.56. The van der Waals surface area contributed by atoms with Gasteiger partial charge in [-0.25, -0.2) is 4.68 Å². The molecule has 3 aromatic rings. The van der Waals surface area contributed by atoms with Crippen molar-refractivity contribution >= 4 is 22.6 Å². The molecule has 3 rings (SSSR count). The van der Waals surface area contributed by atoms with Gasteiger partial charge in [0.2, 0.25) is 5.82 Å². The number of nitrogens with zero attached hydrogens (tertiary/aromatic N) is 6. The number of rotatable bonds is 3. The molecule has 0 aliphatic rings. The van der Waals surface area contributed by atoms with Crippen molar-refractivity contribution < 1.29 is 4.74 Å². The lowest BCUT2D eigenvalue weighted by Gasteiger charge is -2.05. The average molecular weight is 382 g/mol. The van der Waals surface area contributed by atoms with Gasteiger partial charge in [0.15, 0.2) is 0 Å². The van der Waals surface area contributed by atoms with Gasteiger partial charge in [0, 0.05) is 0 Å². The first-order valence-electron chi connectivity index (χ1n) is 5.81. The van der Waals surface area contributed by atoms with Gasteiger partial charge >= 0.3 is 0 Å². The number of aromatic nitrogens is 6. The largest absolute Gasteiger partial charge is 0.497 e. The van der Waals surface area contributed by atoms with E-state index in [-0.39, 0.29) is 0 Å². The molecule has 0 saturated heterocycles. The van der Waals surface area contributed by atoms with E-state index in [0.717, 1.165) is 20.7 Å². The molecule has 8 heteroatoms. The molecule has 2 aromatic heterocycles. The maximum Gasteiger partial charge on any atom is 0.209 e. The predicted octanol–water partition coefficient (Wildman–Crippen LogP) is 1.68. The molecule has 2 heterocycles. The van der Waals surface area contributed by atoms with Crippen LogP contribution < -0.4 is 4.74 Å². The lowest BCUT2D eigenvalue weighted by molar-refractivity contribution is 0.414. The van der Waals surface area contributed by atoms with Crippen LogP contribution in [0.5, 0.6) is 5.75 Å². The molecule has 0 aliphatic carbocycles. The lowest BCUT2D eigenvalue weighted by Crippen LogP contribution is -1.99. The molecule has 1 aromatic carbocycles. The van der Waals surface area contributed by atoms with Crippen molar-refractivity contribution in [3.05, 3.63) is 34.2 Å². The second-order valence-corrected chi connectivity index (χ2v) is 5.08. The summed E-state index contributed by atoms with van der Waals surface area (Å²) in [7, 11) is 3.38. The SMILES string of the molecule is COc1ccc(-n2ncc(-c3nnn(C)n3)c2I)cc1. The van der Waals surface area contributed by atoms with E-state index in [4.69, 9.17) is 4.74 Å². The fourth-order valence-electron chi connectivity index (χ4n) is 1.78. The number of hydrogen-bond donors (Lipinski definition) is 0. The molecule has 0 saturated carbocycles. The zero-order valence-electron chi connectivity index (χ0n) is 10.9. The summed E-state index contributed by atoms with van der Waals surface area (Å²) in [5.74, 6) is 1.38. The van der Waals surface area contributed by atoms with Crippen molar-refractivity contribution in [3.63, 3.8) is 0 Å². The molecule has 0 amide bonds. The first kappa shape index (κ1) is 13.0. The van der Waals surface area contributed by atoms with Gasteiger partial charge in [-0.2, -0.15) is 9.90 Å². The molecule has 102 valence electrons. The molecule has 20 heavy (non-hydrogen) atoms. The highest BCUT2D eigenvalue weighted by Gasteiger charge is 2.15. The summed E-state index contributed by atoms with van der Waals surface area (Å²) < 4.78 is 7.91. The highest BCUT2D eigenvalue weighted by molar-refractivity contribution is 14.1. The maximum atomic E-state index is 5.15. The Kier molecular flexibility index (Phi) is 3.38. The summed E-state index contributed by atoms with van der Waals surface area (Å²) in [5.41, 5.74) is 1.81. The van der Waals surface area contributed by atoms with E-state index in [1.54, 1.807) is 20.4 Å². The van der Waals surface area contributed by atoms with Crippen LogP contribution in [0.2, 0.25) is 0 Å². The van der Waals surface area contributed by atoms with Gasteiger partial charge in [0.1, 0.15) is 9.45 Å². The van der Waals surface area contributed by atoms with E-state index >= 15 is 0 Å². The number of tetrazole rings is 1. The summed E-state index contributed by atoms with van der Waals surface area (Å²) in [5, 5.41) is 16.4. The molecular weight excluding hydrogens is 371 g/mol. The van der Waals surface area contributed by atoms with Crippen LogP contribution in [0.4, 0.5) is 0 Å². The van der Waals surface area contributed by atoms with Crippen LogP contribution >= 0.6 is 22.6 Å². The third-order valence-corrected chi connectivity index (χ3v) is 3.81. The summed E-state index contributed by atoms with van der Waals surface area (Å²) in [4.78, 5) is 1.43. The van der Waals surface area contributed by atoms with Gasteiger partial charge in [-0.15, -0.1) is 10.2 Å². The number of halogens is 1. The van der Waals surface area contributed by atoms with Crippen LogP contribution in [0.15, 0.2) is 30.5 Å². The average Bonchev–Trinajstić information content (AvgIpc) is 3.05. The minimum Gasteiger partial charge on any atom is -0.497 e. The van der Waals surface area contributed by atoms with Gasteiger partial charge in [-0.1, -0.05) is 0 Å². The van der Waals surface area contributed by atoms with E-state index in [1.807, 2.05) is 28.9 Å². The Hall–Kier alpha value is -1.97. The Bertz CT molecular complexity index is 733. The normalized spacial score (nSPS) is 10.8. The topological polar surface area (TPSA) is 70.7 Å². The second kappa shape index (κ2) is 5.19. The van der Waals surface area contributed by atoms with E-state index in [1.165, 1.54) is 4.80 Å². The molecule has 0 spiro atoms. The first-order valence-corrected chi connectivity index (χ1v) is 6.89. The Morgan fingerprint density at radius 3 is 2.55 bits per heavy atom. The van der Waals surface area contributed by atoms with Gasteiger partial charge in [0.25, 0.3) is 0 Å². The molecule has 0 N–H and O–H groups in total. The highest BCUT2D eigenvalue weighted by Crippen LogP contribution is 2.24. The van der Waals surface area contributed by atoms with Crippen LogP contribution in [0.1, 0.15) is 0 Å². The minimum atomic E-state index is 0.566. The van der Waals surface area contributed by atoms with Crippen molar-refractivity contribution in [3.8, 4) is 22.8 Å². The number of ether oxygens (including phenoxy) is 1. The van der Waals surface area contributed by atoms with Crippen LogP contribution in [0, 0.1) is 3.70 Å². The number of methoxy groups -OCH3 is 1. The molecular formula is C12H11IN6O. The number of hydrogen-bond acceptors (Lipinski definition) is 5. The molecule has 0 fully saturated rings. The standard InChI is InChI=1S/C12H11IN6O/c1-18-16-12(15-17-18)10-7-14-19(11(10)13)8-3-5-9(20-2)6-4-8/h3-7H,1-2H3. The quantitative estimate of drug-likeness (QED) is 0.645. The van der Waals surface area contributed by atoms with Gasteiger partial charge in [-0.05, 0) is 52.1 Å². The zero-order valence-corrected chi connectivity index (χ0v) is 13.0.